The molecule has 1 heterocycles. The number of nitrogens with one attached hydrogen (secondary N) is 1. The summed E-state index contributed by atoms with van der Waals surface area (Å²) < 4.78 is 5.79. The van der Waals surface area contributed by atoms with E-state index in [2.05, 4.69) is 10.5 Å². The first-order valence-corrected chi connectivity index (χ1v) is 7.62. The van der Waals surface area contributed by atoms with Crippen LogP contribution in [0.2, 0.25) is 4.34 Å². The highest BCUT2D eigenvalue weighted by molar-refractivity contribution is 7.18. The lowest BCUT2D eigenvalue weighted by Gasteiger charge is -2.05. The Hall–Kier alpha value is -2.45. The second kappa shape index (κ2) is 7.70. The molecule has 1 aromatic carbocycles. The van der Waals surface area contributed by atoms with Gasteiger partial charge < -0.3 is 4.74 Å². The van der Waals surface area contributed by atoms with Crippen LogP contribution in [-0.4, -0.2) is 23.1 Å². The number of amides is 1. The van der Waals surface area contributed by atoms with Crippen LogP contribution in [-0.2, 0) is 4.79 Å². The van der Waals surface area contributed by atoms with Crippen molar-refractivity contribution in [3.05, 3.63) is 55.7 Å². The molecule has 0 bridgehead atoms. The molecule has 0 saturated carbocycles. The van der Waals surface area contributed by atoms with Crippen molar-refractivity contribution in [2.75, 3.05) is 6.61 Å². The summed E-state index contributed by atoms with van der Waals surface area (Å²) in [7, 11) is 0. The average Bonchev–Trinajstić information content (AvgIpc) is 2.97. The third-order valence-electron chi connectivity index (χ3n) is 2.70. The fourth-order valence-electron chi connectivity index (χ4n) is 1.62. The number of halogens is 1. The van der Waals surface area contributed by atoms with Gasteiger partial charge in [0.15, 0.2) is 12.4 Å². The first-order chi connectivity index (χ1) is 11.0. The number of nitrogens with zero attached hydrogens (tertiary/aromatic N) is 2. The Morgan fingerprint density at radius 3 is 2.78 bits per heavy atom. The Morgan fingerprint density at radius 1 is 1.39 bits per heavy atom. The van der Waals surface area contributed by atoms with E-state index >= 15 is 0 Å². The topological polar surface area (TPSA) is 93.8 Å². The van der Waals surface area contributed by atoms with Crippen LogP contribution in [0.15, 0.2) is 41.5 Å². The van der Waals surface area contributed by atoms with E-state index in [9.17, 15) is 14.9 Å². The molecule has 0 radical (unpaired) electrons. The van der Waals surface area contributed by atoms with E-state index in [4.69, 9.17) is 16.3 Å². The van der Waals surface area contributed by atoms with Gasteiger partial charge in [-0.2, -0.15) is 5.10 Å². The lowest BCUT2D eigenvalue weighted by atomic mass is 10.3. The fraction of sp³-hybridized carbons (Fsp3) is 0.143. The summed E-state index contributed by atoms with van der Waals surface area (Å²) in [5.74, 6) is -0.497. The minimum absolute atomic E-state index is 0.0263. The van der Waals surface area contributed by atoms with Crippen LogP contribution in [0.1, 0.15) is 11.8 Å². The summed E-state index contributed by atoms with van der Waals surface area (Å²) in [5.41, 5.74) is 2.72. The number of ether oxygens (including phenoxy) is 1. The van der Waals surface area contributed by atoms with Crippen LogP contribution in [0.25, 0.3) is 0 Å². The third-order valence-corrected chi connectivity index (χ3v) is 4.04. The van der Waals surface area contributed by atoms with E-state index in [1.165, 1.54) is 29.5 Å². The van der Waals surface area contributed by atoms with E-state index < -0.39 is 10.8 Å². The molecule has 2 rings (SSSR count). The number of hydrogen-bond donors (Lipinski definition) is 1. The molecule has 0 fully saturated rings. The van der Waals surface area contributed by atoms with Crippen molar-refractivity contribution < 1.29 is 14.5 Å². The lowest BCUT2D eigenvalue weighted by molar-refractivity contribution is -0.385. The molecule has 7 nitrogen and oxygen atoms in total. The van der Waals surface area contributed by atoms with Gasteiger partial charge in [-0.05, 0) is 25.1 Å². The Kier molecular flexibility index (Phi) is 5.67. The van der Waals surface area contributed by atoms with E-state index in [0.717, 1.165) is 4.88 Å². The van der Waals surface area contributed by atoms with Crippen molar-refractivity contribution in [3.63, 3.8) is 0 Å². The molecule has 0 saturated heterocycles. The Bertz CT molecular complexity index is 760. The van der Waals surface area contributed by atoms with Crippen molar-refractivity contribution >= 4 is 40.2 Å². The molecule has 0 unspecified atom stereocenters. The minimum atomic E-state index is -0.573. The zero-order valence-corrected chi connectivity index (χ0v) is 13.6. The first-order valence-electron chi connectivity index (χ1n) is 6.42. The van der Waals surface area contributed by atoms with Crippen molar-refractivity contribution in [2.45, 2.75) is 6.92 Å². The molecule has 0 atom stereocenters. The largest absolute Gasteiger partial charge is 0.477 e. The minimum Gasteiger partial charge on any atom is -0.477 e. The number of hydrogen-bond acceptors (Lipinski definition) is 6. The highest BCUT2D eigenvalue weighted by Crippen LogP contribution is 2.25. The molecule has 9 heteroatoms. The average molecular weight is 354 g/mol. The summed E-state index contributed by atoms with van der Waals surface area (Å²) in [6.45, 7) is 1.35. The van der Waals surface area contributed by atoms with Crippen molar-refractivity contribution in [1.29, 1.82) is 0 Å². The normalized spacial score (nSPS) is 11.1. The maximum Gasteiger partial charge on any atom is 0.310 e. The van der Waals surface area contributed by atoms with Gasteiger partial charge in [-0.3, -0.25) is 14.9 Å². The summed E-state index contributed by atoms with van der Waals surface area (Å²) >= 11 is 7.17. The molecule has 1 amide bonds. The molecule has 0 aliphatic carbocycles. The zero-order chi connectivity index (χ0) is 16.8. The lowest BCUT2D eigenvalue weighted by Crippen LogP contribution is -2.25. The van der Waals surface area contributed by atoms with Gasteiger partial charge in [-0.25, -0.2) is 5.43 Å². The standard InChI is InChI=1S/C14H12ClN3O4S/c1-9(12-6-7-13(15)23-12)16-17-14(19)8-22-11-5-3-2-4-10(11)18(20)21/h2-7H,8H2,1H3,(H,17,19)/b16-9+. The van der Waals surface area contributed by atoms with Crippen molar-refractivity contribution in [3.8, 4) is 5.75 Å². The van der Waals surface area contributed by atoms with E-state index in [-0.39, 0.29) is 18.0 Å². The molecular formula is C14H12ClN3O4S. The Balaban J connectivity index is 1.92. The number of thiophene rings is 1. The predicted octanol–water partition coefficient (Wildman–Crippen LogP) is 3.23. The molecule has 0 aliphatic heterocycles. The number of para-hydroxylation sites is 2. The third kappa shape index (κ3) is 4.76. The van der Waals surface area contributed by atoms with Gasteiger partial charge in [0.05, 0.1) is 19.8 Å². The van der Waals surface area contributed by atoms with Crippen LogP contribution in [0.5, 0.6) is 5.75 Å². The van der Waals surface area contributed by atoms with Gasteiger partial charge >= 0.3 is 5.69 Å². The highest BCUT2D eigenvalue weighted by atomic mass is 35.5. The monoisotopic (exact) mass is 353 g/mol. The van der Waals surface area contributed by atoms with Crippen molar-refractivity contribution in [1.82, 2.24) is 5.43 Å². The number of nitro benzene ring substituents is 1. The SMILES string of the molecule is C/C(=N\NC(=O)COc1ccccc1[N+](=O)[O-])c1ccc(Cl)s1. The Morgan fingerprint density at radius 2 is 2.13 bits per heavy atom. The first kappa shape index (κ1) is 16.9. The smallest absolute Gasteiger partial charge is 0.310 e. The van der Waals surface area contributed by atoms with Gasteiger partial charge in [-0.1, -0.05) is 23.7 Å². The molecule has 1 aromatic heterocycles. The van der Waals surface area contributed by atoms with E-state index in [1.54, 1.807) is 25.1 Å². The maximum absolute atomic E-state index is 11.7. The number of benzene rings is 1. The molecule has 120 valence electrons. The van der Waals surface area contributed by atoms with Crippen LogP contribution >= 0.6 is 22.9 Å². The van der Waals surface area contributed by atoms with Gasteiger partial charge in [0.2, 0.25) is 0 Å². The molecule has 2 aromatic rings. The van der Waals surface area contributed by atoms with Crippen LogP contribution in [0, 0.1) is 10.1 Å². The summed E-state index contributed by atoms with van der Waals surface area (Å²) in [4.78, 5) is 22.8. The molecule has 1 N–H and O–H groups in total. The number of rotatable bonds is 6. The van der Waals surface area contributed by atoms with E-state index in [0.29, 0.717) is 10.0 Å². The van der Waals surface area contributed by atoms with E-state index in [1.807, 2.05) is 0 Å². The maximum atomic E-state index is 11.7. The quantitative estimate of drug-likeness (QED) is 0.490. The Labute approximate surface area is 140 Å². The summed E-state index contributed by atoms with van der Waals surface area (Å²) in [5, 5.41) is 14.8. The summed E-state index contributed by atoms with van der Waals surface area (Å²) in [6.07, 6.45) is 0. The van der Waals surface area contributed by atoms with Crippen molar-refractivity contribution in [2.24, 2.45) is 5.10 Å². The number of carbonyl (C=O) groups is 1. The molecule has 0 spiro atoms. The summed E-state index contributed by atoms with van der Waals surface area (Å²) in [6, 6.07) is 9.36. The fourth-order valence-corrected chi connectivity index (χ4v) is 2.60. The number of hydrazone groups is 1. The van der Waals surface area contributed by atoms with Gasteiger partial charge in [-0.15, -0.1) is 11.3 Å². The van der Waals surface area contributed by atoms with Crippen LogP contribution in [0.3, 0.4) is 0 Å². The van der Waals surface area contributed by atoms with Gasteiger partial charge in [0.25, 0.3) is 5.91 Å². The second-order valence-electron chi connectivity index (χ2n) is 4.35. The van der Waals surface area contributed by atoms with Crippen LogP contribution in [0.4, 0.5) is 5.69 Å². The number of nitro groups is 1. The predicted molar refractivity (Wildman–Crippen MR) is 88.3 cm³/mol. The number of carbonyl (C=O) groups excluding carboxylic acids is 1. The zero-order valence-electron chi connectivity index (χ0n) is 12.0. The molecular weight excluding hydrogens is 342 g/mol. The molecule has 0 aliphatic rings. The van der Waals surface area contributed by atoms with Crippen LogP contribution < -0.4 is 10.2 Å². The van der Waals surface area contributed by atoms with Gasteiger partial charge in [0, 0.05) is 6.07 Å². The highest BCUT2D eigenvalue weighted by Gasteiger charge is 2.14. The molecule has 23 heavy (non-hydrogen) atoms. The van der Waals surface area contributed by atoms with Gasteiger partial charge in [0.1, 0.15) is 0 Å². The second-order valence-corrected chi connectivity index (χ2v) is 6.06.